The summed E-state index contributed by atoms with van der Waals surface area (Å²) in [6.07, 6.45) is 5.92. The Morgan fingerprint density at radius 2 is 2.12 bits per heavy atom. The van der Waals surface area contributed by atoms with Gasteiger partial charge in [0.25, 0.3) is 0 Å². The fourth-order valence-corrected chi connectivity index (χ4v) is 2.83. The van der Waals surface area contributed by atoms with Crippen molar-refractivity contribution < 1.29 is 5.73 Å². The van der Waals surface area contributed by atoms with Gasteiger partial charge in [0.1, 0.15) is 6.33 Å². The number of nitrogens with one attached hydrogen (secondary N) is 1. The topological polar surface area (TPSA) is 96.2 Å². The quantitative estimate of drug-likeness (QED) is 0.744. The Morgan fingerprint density at radius 3 is 2.83 bits per heavy atom. The van der Waals surface area contributed by atoms with Gasteiger partial charge in [0, 0.05) is 30.4 Å². The molecule has 122 valence electrons. The van der Waals surface area contributed by atoms with Crippen LogP contribution >= 0.6 is 0 Å². The zero-order chi connectivity index (χ0) is 16.5. The first-order valence-electron chi connectivity index (χ1n) is 8.11. The van der Waals surface area contributed by atoms with Crippen molar-refractivity contribution in [1.29, 1.82) is 0 Å². The molecule has 0 radical (unpaired) electrons. The van der Waals surface area contributed by atoms with E-state index in [4.69, 9.17) is 0 Å². The van der Waals surface area contributed by atoms with Crippen LogP contribution in [0.15, 0.2) is 36.8 Å². The molecule has 4 rings (SSSR count). The van der Waals surface area contributed by atoms with Crippen molar-refractivity contribution in [3.05, 3.63) is 47.9 Å². The molecule has 1 fully saturated rings. The minimum atomic E-state index is 0.493. The summed E-state index contributed by atoms with van der Waals surface area (Å²) in [5.41, 5.74) is 7.76. The molecule has 0 amide bonds. The second-order valence-corrected chi connectivity index (χ2v) is 6.07. The van der Waals surface area contributed by atoms with Gasteiger partial charge in [-0.3, -0.25) is 4.68 Å². The maximum atomic E-state index is 4.53. The lowest BCUT2D eigenvalue weighted by atomic mass is 10.00. The fraction of sp³-hybridized carbons (Fsp3) is 0.294. The number of rotatable bonds is 5. The minimum Gasteiger partial charge on any atom is -0.354 e. The maximum absolute atomic E-state index is 4.53. The number of anilines is 2. The highest BCUT2D eigenvalue weighted by molar-refractivity contribution is 5.60. The third kappa shape index (κ3) is 2.98. The van der Waals surface area contributed by atoms with Crippen LogP contribution in [0.4, 0.5) is 11.8 Å². The molecule has 3 aromatic rings. The van der Waals surface area contributed by atoms with Gasteiger partial charge in [0.05, 0.1) is 6.54 Å². The van der Waals surface area contributed by atoms with Gasteiger partial charge in [-0.15, -0.1) is 0 Å². The predicted molar refractivity (Wildman–Crippen MR) is 90.3 cm³/mol. The molecule has 1 aliphatic rings. The number of nitrogens with zero attached hydrogens (tertiary/aromatic N) is 5. The van der Waals surface area contributed by atoms with E-state index in [-0.39, 0.29) is 0 Å². The van der Waals surface area contributed by atoms with Crippen LogP contribution in [-0.4, -0.2) is 24.7 Å². The molecule has 0 spiro atoms. The molecule has 1 saturated carbocycles. The van der Waals surface area contributed by atoms with Crippen molar-refractivity contribution in [2.75, 3.05) is 5.32 Å². The molecule has 1 aliphatic carbocycles. The van der Waals surface area contributed by atoms with E-state index in [0.717, 1.165) is 12.1 Å². The molecule has 0 aliphatic heterocycles. The molecule has 1 aromatic carbocycles. The first-order chi connectivity index (χ1) is 11.7. The van der Waals surface area contributed by atoms with Gasteiger partial charge in [0.15, 0.2) is 11.6 Å². The number of benzene rings is 1. The molecule has 0 bridgehead atoms. The molecule has 0 atom stereocenters. The Hall–Kier alpha value is -2.80. The zero-order valence-electron chi connectivity index (χ0n) is 13.6. The van der Waals surface area contributed by atoms with E-state index >= 15 is 0 Å². The lowest BCUT2D eigenvalue weighted by Crippen LogP contribution is -2.47. The summed E-state index contributed by atoms with van der Waals surface area (Å²) in [6, 6.07) is 8.29. The van der Waals surface area contributed by atoms with Crippen LogP contribution in [0.25, 0.3) is 11.4 Å². The number of aryl methyl sites for hydroxylation is 1. The molecule has 4 N–H and O–H groups in total. The van der Waals surface area contributed by atoms with Crippen LogP contribution in [-0.2, 0) is 13.6 Å². The highest BCUT2D eigenvalue weighted by Crippen LogP contribution is 2.42. The second-order valence-electron chi connectivity index (χ2n) is 6.07. The molecule has 2 aromatic heterocycles. The maximum Gasteiger partial charge on any atom is 0.231 e. The zero-order valence-corrected chi connectivity index (χ0v) is 13.6. The molecule has 7 nitrogen and oxygen atoms in total. The largest absolute Gasteiger partial charge is 0.354 e. The summed E-state index contributed by atoms with van der Waals surface area (Å²) in [5, 5.41) is 7.38. The van der Waals surface area contributed by atoms with Crippen molar-refractivity contribution in [3.8, 4) is 11.4 Å². The van der Waals surface area contributed by atoms with Crippen LogP contribution in [0.5, 0.6) is 0 Å². The van der Waals surface area contributed by atoms with E-state index in [1.807, 2.05) is 19.3 Å². The van der Waals surface area contributed by atoms with Crippen molar-refractivity contribution in [3.63, 3.8) is 0 Å². The van der Waals surface area contributed by atoms with Gasteiger partial charge in [-0.1, -0.05) is 12.1 Å². The van der Waals surface area contributed by atoms with Crippen molar-refractivity contribution >= 4 is 11.8 Å². The molecule has 0 unspecified atom stereocenters. The van der Waals surface area contributed by atoms with E-state index in [9.17, 15) is 0 Å². The summed E-state index contributed by atoms with van der Waals surface area (Å²) >= 11 is 0. The highest BCUT2D eigenvalue weighted by atomic mass is 15.3. The van der Waals surface area contributed by atoms with Crippen LogP contribution in [0, 0.1) is 0 Å². The average Bonchev–Trinajstić information content (AvgIpc) is 3.37. The van der Waals surface area contributed by atoms with Crippen molar-refractivity contribution in [2.45, 2.75) is 25.3 Å². The summed E-state index contributed by atoms with van der Waals surface area (Å²) in [6.45, 7) is 0.815. The summed E-state index contributed by atoms with van der Waals surface area (Å²) in [5.74, 6) is 2.55. The highest BCUT2D eigenvalue weighted by Gasteiger charge is 2.26. The molecule has 2 heterocycles. The summed E-state index contributed by atoms with van der Waals surface area (Å²) in [7, 11) is 1.87. The fourth-order valence-electron chi connectivity index (χ4n) is 2.83. The van der Waals surface area contributed by atoms with Gasteiger partial charge >= 0.3 is 0 Å². The Labute approximate surface area is 140 Å². The standard InChI is InChI=1S/C17H19N7/c1-24-7-6-15(23-24)21-17-20-10-19-16(22-17)12-4-5-13(9-18)14(8-12)11-2-3-11/h4-8,10-11H,2-3,9,18H2,1H3,(H,19,20,21,22,23)/p+1. The Balaban J connectivity index is 1.64. The summed E-state index contributed by atoms with van der Waals surface area (Å²) < 4.78 is 1.73. The van der Waals surface area contributed by atoms with Crippen molar-refractivity contribution in [2.24, 2.45) is 7.05 Å². The van der Waals surface area contributed by atoms with Crippen LogP contribution in [0.2, 0.25) is 0 Å². The van der Waals surface area contributed by atoms with Gasteiger partial charge in [-0.05, 0) is 30.4 Å². The van der Waals surface area contributed by atoms with Gasteiger partial charge in [-0.25, -0.2) is 9.97 Å². The third-order valence-corrected chi connectivity index (χ3v) is 4.22. The van der Waals surface area contributed by atoms with E-state index in [0.29, 0.717) is 23.5 Å². The lowest BCUT2D eigenvalue weighted by molar-refractivity contribution is -0.386. The molecule has 24 heavy (non-hydrogen) atoms. The second kappa shape index (κ2) is 6.01. The molecular formula is C17H20N7+. The third-order valence-electron chi connectivity index (χ3n) is 4.22. The molecular weight excluding hydrogens is 302 g/mol. The Morgan fingerprint density at radius 1 is 1.25 bits per heavy atom. The van der Waals surface area contributed by atoms with E-state index in [1.54, 1.807) is 4.68 Å². The number of hydrogen-bond acceptors (Lipinski definition) is 5. The van der Waals surface area contributed by atoms with E-state index < -0.39 is 0 Å². The number of hydrogen-bond donors (Lipinski definition) is 2. The average molecular weight is 322 g/mol. The predicted octanol–water partition coefficient (Wildman–Crippen LogP) is 1.63. The SMILES string of the molecule is Cn1ccc(Nc2ncnc(-c3ccc(C[NH3+])c(C4CC4)c3)n2)n1. The Kier molecular flexibility index (Phi) is 3.70. The number of quaternary nitrogens is 1. The minimum absolute atomic E-state index is 0.493. The van der Waals surface area contributed by atoms with Gasteiger partial charge < -0.3 is 11.1 Å². The van der Waals surface area contributed by atoms with Crippen LogP contribution in [0.1, 0.15) is 29.9 Å². The Bertz CT molecular complexity index is 867. The van der Waals surface area contributed by atoms with Crippen LogP contribution in [0.3, 0.4) is 0 Å². The normalized spacial score (nSPS) is 13.9. The molecule has 7 heteroatoms. The first-order valence-corrected chi connectivity index (χ1v) is 8.11. The van der Waals surface area contributed by atoms with E-state index in [1.165, 1.54) is 30.3 Å². The summed E-state index contributed by atoms with van der Waals surface area (Å²) in [4.78, 5) is 13.0. The number of aromatic nitrogens is 5. The monoisotopic (exact) mass is 322 g/mol. The van der Waals surface area contributed by atoms with E-state index in [2.05, 4.69) is 49.3 Å². The van der Waals surface area contributed by atoms with Gasteiger partial charge in [0.2, 0.25) is 5.95 Å². The lowest BCUT2D eigenvalue weighted by Gasteiger charge is -2.08. The molecule has 0 saturated heterocycles. The van der Waals surface area contributed by atoms with Gasteiger partial charge in [-0.2, -0.15) is 10.1 Å². The van der Waals surface area contributed by atoms with Crippen LogP contribution < -0.4 is 11.1 Å². The van der Waals surface area contributed by atoms with Crippen molar-refractivity contribution in [1.82, 2.24) is 24.7 Å². The first kappa shape index (κ1) is 14.8. The smallest absolute Gasteiger partial charge is 0.231 e.